The fourth-order valence-corrected chi connectivity index (χ4v) is 9.97. The number of fused-ring (bicyclic) bond motifs is 1. The van der Waals surface area contributed by atoms with Crippen molar-refractivity contribution in [1.29, 1.82) is 0 Å². The fraction of sp³-hybridized carbons (Fsp3) is 0.371. The first-order valence-electron chi connectivity index (χ1n) is 27.2. The maximum Gasteiger partial charge on any atom is 0.333 e. The Morgan fingerprint density at radius 2 is 1.21 bits per heavy atom. The lowest BCUT2D eigenvalue weighted by atomic mass is 9.79. The van der Waals surface area contributed by atoms with Crippen LogP contribution in [0.2, 0.25) is 0 Å². The maximum absolute atomic E-state index is 13.7. The number of aromatic nitrogens is 1. The number of ether oxygens (including phenoxy) is 9. The predicted molar refractivity (Wildman–Crippen MR) is 304 cm³/mol. The molecule has 0 aliphatic heterocycles. The van der Waals surface area contributed by atoms with Gasteiger partial charge in [0, 0.05) is 49.2 Å². The van der Waals surface area contributed by atoms with Crippen LogP contribution in [-0.4, -0.2) is 98.7 Å². The molecule has 19 nitrogen and oxygen atoms in total. The summed E-state index contributed by atoms with van der Waals surface area (Å²) in [6.07, 6.45) is 9.79. The number of hydrazone groups is 1. The van der Waals surface area contributed by atoms with E-state index >= 15 is 0 Å². The molecule has 4 aromatic carbocycles. The summed E-state index contributed by atoms with van der Waals surface area (Å²) in [4.78, 5) is 92.4. The molecule has 0 amide bonds. The number of benzene rings is 4. The molecule has 1 atom stereocenters. The van der Waals surface area contributed by atoms with E-state index in [-0.39, 0.29) is 63.2 Å². The Hall–Kier alpha value is -8.49. The Balaban J connectivity index is 0.845. The van der Waals surface area contributed by atoms with Crippen LogP contribution in [-0.2, 0) is 70.1 Å². The number of nitrogens with zero attached hydrogens (tertiary/aromatic N) is 2. The van der Waals surface area contributed by atoms with E-state index in [1.165, 1.54) is 11.3 Å². The molecular formula is C62H67N3O16S. The SMILES string of the molecule is C=CC(=O)OCCCCOCC(COc1ccc(OC(=O)C2CCC(C(=O)OCCc3ccc(OC(=O)C4CCC(C(=O)Cc5ccc(OCOC(=O)C=C)cc5)CC4)c(/C=N/Nc4nc5ccccc5s4)c3)CC2)cc1)OC(=O)C=C. The minimum Gasteiger partial charge on any atom is -0.490 e. The Morgan fingerprint density at radius 3 is 1.90 bits per heavy atom. The number of esters is 6. The van der Waals surface area contributed by atoms with E-state index in [4.69, 9.17) is 42.6 Å². The summed E-state index contributed by atoms with van der Waals surface area (Å²) in [5, 5.41) is 5.02. The standard InChI is InChI=1S/C62H67N3O16S/c1-4-56(67)74-33-10-9-32-73-38-51(79-58(69)6-3)39-76-48-26-28-50(29-27-48)80-60(71)45-22-20-44(21-23-45)59(70)75-34-31-42-15-30-54(47(35-42)37-63-65-62-64-52-11-7-8-12-55(52)82-62)81-61(72)46-18-16-43(17-19-46)53(66)36-41-13-24-49(25-14-41)77-40-78-57(68)5-2/h4-8,11-15,24-30,35,37,43-46,51H,1-3,9-10,16-23,31-34,36,38-40H2,(H,64,65)/b63-37+. The molecule has 82 heavy (non-hydrogen) atoms. The fourth-order valence-electron chi connectivity index (χ4n) is 9.16. The quantitative estimate of drug-likeness (QED) is 0.00634. The van der Waals surface area contributed by atoms with Crippen LogP contribution in [0.1, 0.15) is 80.9 Å². The number of ketones is 1. The molecular weight excluding hydrogens is 1070 g/mol. The third kappa shape index (κ3) is 19.6. The van der Waals surface area contributed by atoms with Crippen molar-refractivity contribution >= 4 is 74.5 Å². The molecule has 1 aromatic heterocycles. The smallest absolute Gasteiger partial charge is 0.333 e. The highest BCUT2D eigenvalue weighted by molar-refractivity contribution is 7.22. The molecule has 0 radical (unpaired) electrons. The van der Waals surface area contributed by atoms with Crippen molar-refractivity contribution < 1.29 is 76.2 Å². The van der Waals surface area contributed by atoms with Gasteiger partial charge in [0.25, 0.3) is 0 Å². The average molecular weight is 1140 g/mol. The van der Waals surface area contributed by atoms with Gasteiger partial charge in [0.05, 0.1) is 54.0 Å². The second kappa shape index (κ2) is 32.1. The molecule has 0 spiro atoms. The Bertz CT molecular complexity index is 3000. The third-order valence-electron chi connectivity index (χ3n) is 13.7. The summed E-state index contributed by atoms with van der Waals surface area (Å²) in [7, 11) is 0. The zero-order chi connectivity index (χ0) is 58.1. The number of thiazole rings is 1. The molecule has 1 N–H and O–H groups in total. The van der Waals surface area contributed by atoms with Crippen molar-refractivity contribution in [3.63, 3.8) is 0 Å². The minimum absolute atomic E-state index is 0.0100. The molecule has 2 aliphatic carbocycles. The van der Waals surface area contributed by atoms with Gasteiger partial charge in [0.2, 0.25) is 11.9 Å². The van der Waals surface area contributed by atoms with Gasteiger partial charge in [0.15, 0.2) is 6.10 Å². The molecule has 0 saturated heterocycles. The number of Topliss-reactive ketones (excluding diaryl/α,β-unsaturated/α-hetero) is 1. The van der Waals surface area contributed by atoms with Crippen molar-refractivity contribution in [2.75, 3.05) is 45.3 Å². The number of unbranched alkanes of at least 4 members (excludes halogenated alkanes) is 1. The first-order valence-corrected chi connectivity index (χ1v) is 28.0. The lowest BCUT2D eigenvalue weighted by Gasteiger charge is -2.26. The zero-order valence-corrected chi connectivity index (χ0v) is 46.4. The number of carbonyl (C=O) groups is 7. The van der Waals surface area contributed by atoms with Crippen LogP contribution >= 0.6 is 11.3 Å². The number of anilines is 1. The second-order valence-corrected chi connectivity index (χ2v) is 20.5. The van der Waals surface area contributed by atoms with Crippen LogP contribution in [0.4, 0.5) is 5.13 Å². The number of hydrogen-bond donors (Lipinski definition) is 1. The van der Waals surface area contributed by atoms with Crippen LogP contribution in [0.3, 0.4) is 0 Å². The van der Waals surface area contributed by atoms with Gasteiger partial charge < -0.3 is 42.6 Å². The number of hydrogen-bond acceptors (Lipinski definition) is 20. The molecule has 20 heteroatoms. The van der Waals surface area contributed by atoms with Crippen molar-refractivity contribution in [3.05, 3.63) is 146 Å². The number of rotatable bonds is 31. The van der Waals surface area contributed by atoms with Crippen LogP contribution in [0.15, 0.2) is 134 Å². The van der Waals surface area contributed by atoms with E-state index in [1.54, 1.807) is 60.8 Å². The average Bonchev–Trinajstić information content (AvgIpc) is 4.04. The Labute approximate surface area is 479 Å². The van der Waals surface area contributed by atoms with E-state index < -0.39 is 47.8 Å². The van der Waals surface area contributed by atoms with E-state index in [0.29, 0.717) is 111 Å². The van der Waals surface area contributed by atoms with Gasteiger partial charge in [-0.3, -0.25) is 24.6 Å². The van der Waals surface area contributed by atoms with Crippen LogP contribution in [0.25, 0.3) is 10.2 Å². The van der Waals surface area contributed by atoms with Crippen LogP contribution in [0.5, 0.6) is 23.0 Å². The second-order valence-electron chi connectivity index (χ2n) is 19.5. The largest absolute Gasteiger partial charge is 0.490 e. The van der Waals surface area contributed by atoms with Gasteiger partial charge in [0.1, 0.15) is 35.4 Å². The summed E-state index contributed by atoms with van der Waals surface area (Å²) < 4.78 is 50.5. The molecule has 2 saturated carbocycles. The van der Waals surface area contributed by atoms with Gasteiger partial charge in [-0.15, -0.1) is 0 Å². The summed E-state index contributed by atoms with van der Waals surface area (Å²) in [5.41, 5.74) is 5.98. The Kier molecular flexibility index (Phi) is 23.9. The summed E-state index contributed by atoms with van der Waals surface area (Å²) in [6.45, 7) is 10.6. The first-order chi connectivity index (χ1) is 39.9. The lowest BCUT2D eigenvalue weighted by molar-refractivity contribution is -0.152. The van der Waals surface area contributed by atoms with E-state index in [2.05, 4.69) is 35.2 Å². The van der Waals surface area contributed by atoms with E-state index in [9.17, 15) is 33.6 Å². The monoisotopic (exact) mass is 1140 g/mol. The highest BCUT2D eigenvalue weighted by atomic mass is 32.1. The van der Waals surface area contributed by atoms with E-state index in [0.717, 1.165) is 39.6 Å². The molecule has 432 valence electrons. The van der Waals surface area contributed by atoms with Gasteiger partial charge in [-0.1, -0.05) is 61.4 Å². The van der Waals surface area contributed by atoms with Crippen molar-refractivity contribution in [2.45, 2.75) is 83.2 Å². The molecule has 1 unspecified atom stereocenters. The third-order valence-corrected chi connectivity index (χ3v) is 14.6. The topological polar surface area (TPSA) is 240 Å². The maximum atomic E-state index is 13.7. The molecule has 0 bridgehead atoms. The molecule has 2 aliphatic rings. The molecule has 1 heterocycles. The minimum atomic E-state index is -0.728. The summed E-state index contributed by atoms with van der Waals surface area (Å²) in [6, 6.07) is 26.6. The molecule has 7 rings (SSSR count). The van der Waals surface area contributed by atoms with Gasteiger partial charge in [-0.25, -0.2) is 19.4 Å². The van der Waals surface area contributed by atoms with Crippen molar-refractivity contribution in [2.24, 2.45) is 28.8 Å². The normalized spacial score (nSPS) is 17.1. The Morgan fingerprint density at radius 1 is 0.610 bits per heavy atom. The number of carbonyl (C=O) groups excluding carboxylic acids is 7. The van der Waals surface area contributed by atoms with Gasteiger partial charge >= 0.3 is 35.8 Å². The number of para-hydroxylation sites is 1. The summed E-state index contributed by atoms with van der Waals surface area (Å²) >= 11 is 1.45. The zero-order valence-electron chi connectivity index (χ0n) is 45.5. The van der Waals surface area contributed by atoms with E-state index in [1.807, 2.05) is 36.4 Å². The molecule has 2 fully saturated rings. The van der Waals surface area contributed by atoms with Crippen molar-refractivity contribution in [1.82, 2.24) is 4.98 Å². The van der Waals surface area contributed by atoms with Crippen molar-refractivity contribution in [3.8, 4) is 23.0 Å². The van der Waals surface area contributed by atoms with Crippen LogP contribution < -0.4 is 24.4 Å². The van der Waals surface area contributed by atoms with Gasteiger partial charge in [-0.05, 0) is 136 Å². The summed E-state index contributed by atoms with van der Waals surface area (Å²) in [5.74, 6) is -2.52. The van der Waals surface area contributed by atoms with Gasteiger partial charge in [-0.2, -0.15) is 5.10 Å². The predicted octanol–water partition coefficient (Wildman–Crippen LogP) is 9.83. The number of nitrogens with one attached hydrogen (secondary N) is 1. The first kappa shape index (κ1) is 61.1. The highest BCUT2D eigenvalue weighted by Crippen LogP contribution is 2.34. The van der Waals surface area contributed by atoms with Crippen LogP contribution in [0, 0.1) is 23.7 Å². The highest BCUT2D eigenvalue weighted by Gasteiger charge is 2.33. The molecule has 5 aromatic rings. The lowest BCUT2D eigenvalue weighted by Crippen LogP contribution is -2.30.